The number of fused-ring (bicyclic) bond motifs is 3. The molecule has 0 aliphatic carbocycles. The van der Waals surface area contributed by atoms with Crippen molar-refractivity contribution in [1.82, 2.24) is 20.5 Å². The van der Waals surface area contributed by atoms with Crippen molar-refractivity contribution >= 4 is 69.5 Å². The monoisotopic (exact) mass is 630 g/mol. The number of aromatic amines is 1. The van der Waals surface area contributed by atoms with E-state index in [0.29, 0.717) is 10.7 Å². The molecule has 0 fully saturated rings. The van der Waals surface area contributed by atoms with Gasteiger partial charge in [0.05, 0.1) is 23.0 Å². The largest absolute Gasteiger partial charge is 0.481 e. The van der Waals surface area contributed by atoms with Crippen LogP contribution in [0.25, 0.3) is 10.9 Å². The van der Waals surface area contributed by atoms with Crippen LogP contribution < -0.4 is 21.7 Å². The third kappa shape index (κ3) is 7.57. The number of urea groups is 1. The van der Waals surface area contributed by atoms with Gasteiger partial charge in [0, 0.05) is 28.7 Å². The molecule has 2 aromatic carbocycles. The van der Waals surface area contributed by atoms with E-state index < -0.39 is 54.3 Å². The van der Waals surface area contributed by atoms with Crippen LogP contribution in [0.15, 0.2) is 42.5 Å². The predicted molar refractivity (Wildman–Crippen MR) is 162 cm³/mol. The van der Waals surface area contributed by atoms with Crippen LogP contribution in [-0.4, -0.2) is 62.8 Å². The average molecular weight is 632 g/mol. The average Bonchev–Trinajstić information content (AvgIpc) is 3.30. The number of anilines is 1. The first-order valence-corrected chi connectivity index (χ1v) is 14.3. The summed E-state index contributed by atoms with van der Waals surface area (Å²) in [6.07, 6.45) is -0.381. The van der Waals surface area contributed by atoms with E-state index in [1.165, 1.54) is 17.0 Å². The number of rotatable bonds is 10. The van der Waals surface area contributed by atoms with Crippen molar-refractivity contribution < 1.29 is 29.1 Å². The van der Waals surface area contributed by atoms with Crippen molar-refractivity contribution in [3.05, 3.63) is 63.8 Å². The molecule has 2 heterocycles. The van der Waals surface area contributed by atoms with Gasteiger partial charge < -0.3 is 36.7 Å². The minimum atomic E-state index is -1.46. The van der Waals surface area contributed by atoms with E-state index in [9.17, 15) is 24.0 Å². The molecule has 4 rings (SSSR count). The number of nitrogens with two attached hydrogens (primary N) is 1. The molecule has 0 saturated carbocycles. The Balaban J connectivity index is 1.63. The van der Waals surface area contributed by atoms with E-state index in [2.05, 4.69) is 20.9 Å². The second-order valence-corrected chi connectivity index (χ2v) is 11.6. The number of H-pyrrole nitrogens is 1. The van der Waals surface area contributed by atoms with Crippen LogP contribution in [0.3, 0.4) is 0 Å². The fourth-order valence-electron chi connectivity index (χ4n) is 5.07. The van der Waals surface area contributed by atoms with Gasteiger partial charge in [-0.15, -0.1) is 0 Å². The zero-order valence-corrected chi connectivity index (χ0v) is 25.0. The number of para-hydroxylation sites is 1. The highest BCUT2D eigenvalue weighted by Gasteiger charge is 2.38. The molecule has 228 valence electrons. The van der Waals surface area contributed by atoms with Crippen molar-refractivity contribution in [2.24, 2.45) is 11.7 Å². The van der Waals surface area contributed by atoms with Crippen LogP contribution in [0.1, 0.15) is 37.9 Å². The number of aliphatic carboxylic acids is 1. The predicted octanol–water partition coefficient (Wildman–Crippen LogP) is 3.41. The van der Waals surface area contributed by atoms with Crippen LogP contribution in [-0.2, 0) is 32.1 Å². The van der Waals surface area contributed by atoms with Crippen molar-refractivity contribution in [3.8, 4) is 0 Å². The lowest BCUT2D eigenvalue weighted by Crippen LogP contribution is -2.59. The number of nitrogens with one attached hydrogen (secondary N) is 4. The maximum atomic E-state index is 13.9. The van der Waals surface area contributed by atoms with Crippen molar-refractivity contribution in [3.63, 3.8) is 0 Å². The van der Waals surface area contributed by atoms with Crippen molar-refractivity contribution in [2.45, 2.75) is 57.8 Å². The lowest BCUT2D eigenvalue weighted by molar-refractivity contribution is -0.140. The number of carbonyl (C=O) groups excluding carboxylic acids is 4. The van der Waals surface area contributed by atoms with Gasteiger partial charge in [-0.3, -0.25) is 19.2 Å². The Morgan fingerprint density at radius 3 is 2.42 bits per heavy atom. The fraction of sp³-hybridized carbons (Fsp3) is 0.345. The van der Waals surface area contributed by atoms with Gasteiger partial charge in [0.25, 0.3) is 0 Å². The molecule has 0 radical (unpaired) electrons. The SMILES string of the molecule is CC(C)C[C@@H](NC(=O)[C@@H]1Cc2c([nH]c3ccccc23)CN1C(=O)Nc1ccc(Cl)c(Cl)c1)C(=O)N[C@H](CC(=O)O)C(N)=O. The number of hydrogen-bond donors (Lipinski definition) is 6. The number of halogens is 2. The van der Waals surface area contributed by atoms with Crippen LogP contribution in [0.5, 0.6) is 0 Å². The second-order valence-electron chi connectivity index (χ2n) is 10.8. The summed E-state index contributed by atoms with van der Waals surface area (Å²) in [6, 6.07) is 7.98. The summed E-state index contributed by atoms with van der Waals surface area (Å²) in [5.74, 6) is -3.77. The zero-order chi connectivity index (χ0) is 31.4. The molecule has 0 saturated heterocycles. The number of nitrogens with zero attached hydrogens (tertiary/aromatic N) is 1. The number of primary amides is 1. The third-order valence-corrected chi connectivity index (χ3v) is 7.86. The van der Waals surface area contributed by atoms with E-state index in [4.69, 9.17) is 34.0 Å². The molecule has 3 aromatic rings. The smallest absolute Gasteiger partial charge is 0.322 e. The van der Waals surface area contributed by atoms with Gasteiger partial charge in [-0.25, -0.2) is 4.79 Å². The quantitative estimate of drug-likeness (QED) is 0.199. The molecule has 1 aliphatic heterocycles. The highest BCUT2D eigenvalue weighted by molar-refractivity contribution is 6.42. The first kappa shape index (κ1) is 31.6. The van der Waals surface area contributed by atoms with Gasteiger partial charge in [-0.2, -0.15) is 0 Å². The van der Waals surface area contributed by atoms with Crippen LogP contribution >= 0.6 is 23.2 Å². The topological polar surface area (TPSA) is 187 Å². The van der Waals surface area contributed by atoms with E-state index >= 15 is 0 Å². The van der Waals surface area contributed by atoms with Crippen molar-refractivity contribution in [1.29, 1.82) is 0 Å². The Labute approximate surface area is 257 Å². The molecule has 0 spiro atoms. The molecular weight excluding hydrogens is 599 g/mol. The Morgan fingerprint density at radius 1 is 1.05 bits per heavy atom. The molecule has 0 unspecified atom stereocenters. The van der Waals surface area contributed by atoms with Gasteiger partial charge in [-0.05, 0) is 42.2 Å². The van der Waals surface area contributed by atoms with Crippen LogP contribution in [0.4, 0.5) is 10.5 Å². The number of hydrogen-bond acceptors (Lipinski definition) is 5. The van der Waals surface area contributed by atoms with E-state index in [1.807, 2.05) is 38.1 Å². The molecule has 14 heteroatoms. The summed E-state index contributed by atoms with van der Waals surface area (Å²) < 4.78 is 0. The number of carboxylic acid groups (broad SMARTS) is 1. The highest BCUT2D eigenvalue weighted by atomic mass is 35.5. The maximum absolute atomic E-state index is 13.9. The fourth-order valence-corrected chi connectivity index (χ4v) is 5.36. The van der Waals surface area contributed by atoms with Crippen LogP contribution in [0.2, 0.25) is 10.0 Å². The van der Waals surface area contributed by atoms with E-state index in [1.54, 1.807) is 6.07 Å². The normalized spacial score (nSPS) is 15.8. The van der Waals surface area contributed by atoms with Gasteiger partial charge in [-0.1, -0.05) is 55.2 Å². The molecule has 5 amide bonds. The highest BCUT2D eigenvalue weighted by Crippen LogP contribution is 2.31. The van der Waals surface area contributed by atoms with Crippen LogP contribution in [0, 0.1) is 5.92 Å². The van der Waals surface area contributed by atoms with Gasteiger partial charge in [0.2, 0.25) is 17.7 Å². The lowest BCUT2D eigenvalue weighted by atomic mass is 9.95. The second kappa shape index (κ2) is 13.3. The Kier molecular flexibility index (Phi) is 9.82. The molecule has 1 aromatic heterocycles. The molecular formula is C29H32Cl2N6O6. The molecule has 43 heavy (non-hydrogen) atoms. The van der Waals surface area contributed by atoms with E-state index in [-0.39, 0.29) is 30.3 Å². The number of carbonyl (C=O) groups is 5. The maximum Gasteiger partial charge on any atom is 0.322 e. The van der Waals surface area contributed by atoms with Crippen molar-refractivity contribution in [2.75, 3.05) is 5.32 Å². The summed E-state index contributed by atoms with van der Waals surface area (Å²) in [5, 5.41) is 18.4. The molecule has 1 aliphatic rings. The zero-order valence-electron chi connectivity index (χ0n) is 23.4. The van der Waals surface area contributed by atoms with Gasteiger partial charge in [0.15, 0.2) is 0 Å². The summed E-state index contributed by atoms with van der Waals surface area (Å²) in [5.41, 5.74) is 8.15. The molecule has 0 bridgehead atoms. The first-order valence-electron chi connectivity index (χ1n) is 13.6. The summed E-state index contributed by atoms with van der Waals surface area (Å²) in [4.78, 5) is 68.3. The number of carboxylic acids is 1. The standard InChI is InChI=1S/C29H32Cl2N6O6/c1-14(2)9-22(27(41)35-21(26(32)40)12-25(38)39)36-28(42)24-11-17-16-5-3-4-6-20(16)34-23(17)13-37(24)29(43)33-15-7-8-18(30)19(31)10-15/h3-8,10,14,21-22,24,34H,9,11-13H2,1-2H3,(H2,32,40)(H,33,43)(H,35,41)(H,36,42)(H,38,39)/t21-,22-,24+/m1/s1. The summed E-state index contributed by atoms with van der Waals surface area (Å²) >= 11 is 12.1. The molecule has 7 N–H and O–H groups in total. The third-order valence-electron chi connectivity index (χ3n) is 7.12. The summed E-state index contributed by atoms with van der Waals surface area (Å²) in [6.45, 7) is 3.74. The lowest BCUT2D eigenvalue weighted by Gasteiger charge is -2.35. The number of aromatic nitrogens is 1. The minimum absolute atomic E-state index is 0.0665. The number of benzene rings is 2. The molecule has 3 atom stereocenters. The van der Waals surface area contributed by atoms with E-state index in [0.717, 1.165) is 22.2 Å². The Morgan fingerprint density at radius 2 is 1.77 bits per heavy atom. The molecule has 12 nitrogen and oxygen atoms in total. The minimum Gasteiger partial charge on any atom is -0.481 e. The Hall–Kier alpha value is -4.29. The first-order chi connectivity index (χ1) is 20.3. The number of amides is 5. The summed E-state index contributed by atoms with van der Waals surface area (Å²) in [7, 11) is 0. The Bertz CT molecular complexity index is 1570. The van der Waals surface area contributed by atoms with Gasteiger partial charge >= 0.3 is 12.0 Å². The van der Waals surface area contributed by atoms with Gasteiger partial charge in [0.1, 0.15) is 18.1 Å².